The number of carbonyl (C=O) groups is 2. The molecule has 1 amide bonds. The van der Waals surface area contributed by atoms with Gasteiger partial charge in [0.2, 0.25) is 0 Å². The number of benzene rings is 1. The van der Waals surface area contributed by atoms with Crippen molar-refractivity contribution in [2.24, 2.45) is 0 Å². The fraction of sp³-hybridized carbons (Fsp3) is 0.286. The predicted molar refractivity (Wildman–Crippen MR) is 83.7 cm³/mol. The van der Waals surface area contributed by atoms with Crippen LogP contribution in [0.15, 0.2) is 33.2 Å². The molecule has 5 nitrogen and oxygen atoms in total. The lowest BCUT2D eigenvalue weighted by Gasteiger charge is -2.23. The van der Waals surface area contributed by atoms with E-state index < -0.39 is 17.4 Å². The van der Waals surface area contributed by atoms with Crippen molar-refractivity contribution in [2.75, 3.05) is 11.5 Å². The number of halogens is 1. The number of rotatable bonds is 3. The Morgan fingerprint density at radius 1 is 1.43 bits per heavy atom. The predicted octanol–water partition coefficient (Wildman–Crippen LogP) is 2.89. The van der Waals surface area contributed by atoms with Gasteiger partial charge in [-0.2, -0.15) is 11.8 Å². The molecule has 1 unspecified atom stereocenters. The van der Waals surface area contributed by atoms with Crippen molar-refractivity contribution in [3.05, 3.63) is 34.5 Å². The molecule has 1 aromatic heterocycles. The SMILES string of the molecule is O=C(NC1(C(=O)O)CCSC1)c1cc2cccc(Br)c2o1. The summed E-state index contributed by atoms with van der Waals surface area (Å²) in [6.45, 7) is 0. The van der Waals surface area contributed by atoms with Crippen LogP contribution in [-0.2, 0) is 4.79 Å². The highest BCUT2D eigenvalue weighted by Gasteiger charge is 2.43. The summed E-state index contributed by atoms with van der Waals surface area (Å²) in [5, 5.41) is 12.8. The molecule has 7 heteroatoms. The monoisotopic (exact) mass is 369 g/mol. The summed E-state index contributed by atoms with van der Waals surface area (Å²) in [7, 11) is 0. The quantitative estimate of drug-likeness (QED) is 0.869. The Kier molecular flexibility index (Phi) is 3.71. The van der Waals surface area contributed by atoms with Crippen LogP contribution in [0, 0.1) is 0 Å². The van der Waals surface area contributed by atoms with Gasteiger partial charge in [-0.05, 0) is 40.2 Å². The second-order valence-electron chi connectivity index (χ2n) is 4.91. The summed E-state index contributed by atoms with van der Waals surface area (Å²) >= 11 is 4.88. The summed E-state index contributed by atoms with van der Waals surface area (Å²) < 4.78 is 6.29. The van der Waals surface area contributed by atoms with Gasteiger partial charge in [0, 0.05) is 11.1 Å². The Morgan fingerprint density at radius 3 is 2.86 bits per heavy atom. The number of carbonyl (C=O) groups excluding carboxylic acids is 1. The third kappa shape index (κ3) is 2.55. The van der Waals surface area contributed by atoms with Gasteiger partial charge in [-0.15, -0.1) is 0 Å². The van der Waals surface area contributed by atoms with E-state index in [1.165, 1.54) is 11.8 Å². The summed E-state index contributed by atoms with van der Waals surface area (Å²) in [6.07, 6.45) is 0.419. The minimum Gasteiger partial charge on any atom is -0.479 e. The molecule has 1 aromatic carbocycles. The highest BCUT2D eigenvalue weighted by Crippen LogP contribution is 2.30. The third-order valence-corrected chi connectivity index (χ3v) is 5.32. The number of carboxylic acid groups (broad SMARTS) is 1. The van der Waals surface area contributed by atoms with Gasteiger partial charge in [-0.3, -0.25) is 4.79 Å². The zero-order valence-electron chi connectivity index (χ0n) is 10.9. The Hall–Kier alpha value is -1.47. The van der Waals surface area contributed by atoms with E-state index in [2.05, 4.69) is 21.2 Å². The molecule has 2 aromatic rings. The molecule has 1 atom stereocenters. The summed E-state index contributed by atoms with van der Waals surface area (Å²) in [4.78, 5) is 23.7. The van der Waals surface area contributed by atoms with E-state index in [-0.39, 0.29) is 5.76 Å². The number of para-hydroxylation sites is 1. The number of nitrogens with one attached hydrogen (secondary N) is 1. The largest absolute Gasteiger partial charge is 0.479 e. The van der Waals surface area contributed by atoms with E-state index in [0.29, 0.717) is 17.8 Å². The van der Waals surface area contributed by atoms with Crippen LogP contribution in [0.4, 0.5) is 0 Å². The lowest BCUT2D eigenvalue weighted by Crippen LogP contribution is -2.54. The Balaban J connectivity index is 1.90. The molecule has 0 aliphatic carbocycles. The third-order valence-electron chi connectivity index (χ3n) is 3.50. The van der Waals surface area contributed by atoms with Gasteiger partial charge in [0.15, 0.2) is 5.76 Å². The van der Waals surface area contributed by atoms with Crippen molar-refractivity contribution in [1.29, 1.82) is 0 Å². The van der Waals surface area contributed by atoms with Crippen LogP contribution in [-0.4, -0.2) is 34.0 Å². The van der Waals surface area contributed by atoms with E-state index in [4.69, 9.17) is 4.42 Å². The molecular formula is C14H12BrNO4S. The summed E-state index contributed by atoms with van der Waals surface area (Å²) in [5.41, 5.74) is -0.620. The first-order valence-corrected chi connectivity index (χ1v) is 8.28. The van der Waals surface area contributed by atoms with Gasteiger partial charge in [0.25, 0.3) is 5.91 Å². The molecule has 2 N–H and O–H groups in total. The van der Waals surface area contributed by atoms with Crippen molar-refractivity contribution < 1.29 is 19.1 Å². The highest BCUT2D eigenvalue weighted by atomic mass is 79.9. The van der Waals surface area contributed by atoms with E-state index in [1.54, 1.807) is 6.07 Å². The van der Waals surface area contributed by atoms with Gasteiger partial charge in [-0.1, -0.05) is 12.1 Å². The number of aliphatic carboxylic acids is 1. The molecule has 110 valence electrons. The van der Waals surface area contributed by atoms with E-state index in [9.17, 15) is 14.7 Å². The minimum atomic E-state index is -1.20. The Bertz CT molecular complexity index is 721. The number of hydrogen-bond donors (Lipinski definition) is 2. The zero-order valence-corrected chi connectivity index (χ0v) is 13.3. The smallest absolute Gasteiger partial charge is 0.330 e. The molecule has 1 aliphatic rings. The highest BCUT2D eigenvalue weighted by molar-refractivity contribution is 9.10. The normalized spacial score (nSPS) is 21.6. The Labute approximate surface area is 133 Å². The molecule has 1 fully saturated rings. The maximum absolute atomic E-state index is 12.3. The molecule has 1 aliphatic heterocycles. The fourth-order valence-electron chi connectivity index (χ4n) is 2.30. The molecular weight excluding hydrogens is 358 g/mol. The number of thioether (sulfide) groups is 1. The minimum absolute atomic E-state index is 0.120. The average Bonchev–Trinajstić information content (AvgIpc) is 3.06. The van der Waals surface area contributed by atoms with Crippen LogP contribution in [0.2, 0.25) is 0 Å². The number of fused-ring (bicyclic) bond motifs is 1. The summed E-state index contributed by atoms with van der Waals surface area (Å²) in [5.74, 6) is -0.286. The van der Waals surface area contributed by atoms with Crippen molar-refractivity contribution in [3.8, 4) is 0 Å². The van der Waals surface area contributed by atoms with Crippen molar-refractivity contribution in [2.45, 2.75) is 12.0 Å². The van der Waals surface area contributed by atoms with Crippen molar-refractivity contribution in [1.82, 2.24) is 5.32 Å². The maximum atomic E-state index is 12.3. The lowest BCUT2D eigenvalue weighted by molar-refractivity contribution is -0.143. The topological polar surface area (TPSA) is 79.5 Å². The molecule has 0 spiro atoms. The molecule has 2 heterocycles. The second kappa shape index (κ2) is 5.38. The van der Waals surface area contributed by atoms with Crippen molar-refractivity contribution >= 4 is 50.5 Å². The molecule has 21 heavy (non-hydrogen) atoms. The van der Waals surface area contributed by atoms with Crippen LogP contribution in [0.5, 0.6) is 0 Å². The molecule has 0 bridgehead atoms. The molecule has 1 saturated heterocycles. The van der Waals surface area contributed by atoms with Gasteiger partial charge < -0.3 is 14.8 Å². The lowest BCUT2D eigenvalue weighted by atomic mass is 9.99. The number of amides is 1. The van der Waals surface area contributed by atoms with Crippen LogP contribution >= 0.6 is 27.7 Å². The van der Waals surface area contributed by atoms with Crippen molar-refractivity contribution in [3.63, 3.8) is 0 Å². The first-order chi connectivity index (χ1) is 10.0. The van der Waals surface area contributed by atoms with Crippen LogP contribution < -0.4 is 5.32 Å². The molecule has 3 rings (SSSR count). The average molecular weight is 370 g/mol. The van der Waals surface area contributed by atoms with Crippen LogP contribution in [0.1, 0.15) is 17.0 Å². The number of carboxylic acids is 1. The van der Waals surface area contributed by atoms with E-state index in [0.717, 1.165) is 15.6 Å². The maximum Gasteiger partial charge on any atom is 0.330 e. The number of furan rings is 1. The summed E-state index contributed by atoms with van der Waals surface area (Å²) in [6, 6.07) is 7.11. The molecule has 0 saturated carbocycles. The first kappa shape index (κ1) is 14.5. The first-order valence-electron chi connectivity index (χ1n) is 6.33. The van der Waals surface area contributed by atoms with E-state index >= 15 is 0 Å². The van der Waals surface area contributed by atoms with Gasteiger partial charge in [-0.25, -0.2) is 4.79 Å². The van der Waals surface area contributed by atoms with Crippen LogP contribution in [0.3, 0.4) is 0 Å². The number of hydrogen-bond acceptors (Lipinski definition) is 4. The van der Waals surface area contributed by atoms with E-state index in [1.807, 2.05) is 18.2 Å². The van der Waals surface area contributed by atoms with Gasteiger partial charge in [0.1, 0.15) is 11.1 Å². The fourth-order valence-corrected chi connectivity index (χ4v) is 4.09. The van der Waals surface area contributed by atoms with Gasteiger partial charge in [0.05, 0.1) is 4.47 Å². The van der Waals surface area contributed by atoms with Gasteiger partial charge >= 0.3 is 5.97 Å². The Morgan fingerprint density at radius 2 is 2.24 bits per heavy atom. The standard InChI is InChI=1S/C14H12BrNO4S/c15-9-3-1-2-8-6-10(20-11(8)9)12(17)16-14(13(18)19)4-5-21-7-14/h1-3,6H,4-5,7H2,(H,16,17)(H,18,19). The van der Waals surface area contributed by atoms with Crippen LogP contribution in [0.25, 0.3) is 11.0 Å². The molecule has 0 radical (unpaired) electrons. The second-order valence-corrected chi connectivity index (χ2v) is 6.87. The zero-order chi connectivity index (χ0) is 15.0.